The van der Waals surface area contributed by atoms with E-state index >= 15 is 0 Å². The minimum Gasteiger partial charge on any atom is -0.294 e. The van der Waals surface area contributed by atoms with Crippen molar-refractivity contribution in [3.63, 3.8) is 0 Å². The zero-order valence-electron chi connectivity index (χ0n) is 16.2. The number of aryl methyl sites for hydroxylation is 1. The van der Waals surface area contributed by atoms with Crippen LogP contribution in [-0.4, -0.2) is 31.6 Å². The third-order valence-corrected chi connectivity index (χ3v) is 7.85. The summed E-state index contributed by atoms with van der Waals surface area (Å²) < 4.78 is 27.0. The molecule has 1 aliphatic heterocycles. The largest absolute Gasteiger partial charge is 0.294 e. The lowest BCUT2D eigenvalue weighted by Gasteiger charge is -2.25. The van der Waals surface area contributed by atoms with Gasteiger partial charge in [-0.15, -0.1) is 0 Å². The van der Waals surface area contributed by atoms with Crippen molar-refractivity contribution in [2.24, 2.45) is 0 Å². The summed E-state index contributed by atoms with van der Waals surface area (Å²) in [5.74, 6) is 0.107. The van der Waals surface area contributed by atoms with E-state index in [1.807, 2.05) is 36.4 Å². The molecule has 0 bridgehead atoms. The maximum absolute atomic E-state index is 12.7. The number of fused-ring (bicyclic) bond motifs is 1. The van der Waals surface area contributed by atoms with Crippen molar-refractivity contribution >= 4 is 33.0 Å². The molecule has 1 saturated heterocycles. The molecular weight excluding hydrogens is 406 g/mol. The molecule has 0 radical (unpaired) electrons. The molecule has 4 nitrogen and oxygen atoms in total. The Labute approximate surface area is 177 Å². The summed E-state index contributed by atoms with van der Waals surface area (Å²) in [7, 11) is -3.41. The predicted molar refractivity (Wildman–Crippen MR) is 116 cm³/mol. The van der Waals surface area contributed by atoms with Crippen molar-refractivity contribution in [1.82, 2.24) is 4.31 Å². The Morgan fingerprint density at radius 3 is 2.45 bits per heavy atom. The Bertz CT molecular complexity index is 1050. The van der Waals surface area contributed by atoms with Crippen molar-refractivity contribution in [3.05, 3.63) is 70.3 Å². The van der Waals surface area contributed by atoms with Crippen LogP contribution in [-0.2, 0) is 27.7 Å². The molecule has 1 heterocycles. The third kappa shape index (κ3) is 4.32. The van der Waals surface area contributed by atoms with Gasteiger partial charge in [0.15, 0.2) is 5.78 Å². The summed E-state index contributed by atoms with van der Waals surface area (Å²) in [6, 6.07) is 12.6. The van der Waals surface area contributed by atoms with Gasteiger partial charge in [0, 0.05) is 30.1 Å². The molecule has 0 spiro atoms. The Hall–Kier alpha value is -1.95. The van der Waals surface area contributed by atoms with E-state index in [1.165, 1.54) is 0 Å². The van der Waals surface area contributed by atoms with E-state index < -0.39 is 10.0 Å². The number of halogens is 1. The van der Waals surface area contributed by atoms with Gasteiger partial charge >= 0.3 is 0 Å². The van der Waals surface area contributed by atoms with Gasteiger partial charge in [-0.25, -0.2) is 8.42 Å². The first-order valence-electron chi connectivity index (χ1n) is 10.1. The molecule has 6 heteroatoms. The molecule has 29 heavy (non-hydrogen) atoms. The normalized spacial score (nSPS) is 17.1. The number of hydrogen-bond acceptors (Lipinski definition) is 3. The zero-order valence-corrected chi connectivity index (χ0v) is 17.8. The number of hydrogen-bond donors (Lipinski definition) is 0. The maximum atomic E-state index is 12.7. The molecule has 0 amide bonds. The first kappa shape index (κ1) is 20.3. The number of nitrogens with zero attached hydrogens (tertiary/aromatic N) is 1. The second-order valence-corrected chi connectivity index (χ2v) is 10.0. The lowest BCUT2D eigenvalue weighted by Crippen LogP contribution is -2.35. The second-order valence-electron chi connectivity index (χ2n) is 7.66. The summed E-state index contributed by atoms with van der Waals surface area (Å²) in [5, 5.41) is 0.686. The van der Waals surface area contributed by atoms with Crippen LogP contribution in [0.5, 0.6) is 0 Å². The molecule has 152 valence electrons. The van der Waals surface area contributed by atoms with Gasteiger partial charge < -0.3 is 0 Å². The Kier molecular flexibility index (Phi) is 5.91. The highest BCUT2D eigenvalue weighted by Gasteiger charge is 2.26. The first-order chi connectivity index (χ1) is 13.9. The van der Waals surface area contributed by atoms with Gasteiger partial charge in [-0.1, -0.05) is 42.3 Å². The van der Waals surface area contributed by atoms with Crippen LogP contribution in [0.15, 0.2) is 53.4 Å². The summed E-state index contributed by atoms with van der Waals surface area (Å²) in [5.41, 5.74) is 3.79. The maximum Gasteiger partial charge on any atom is 0.243 e. The lowest BCUT2D eigenvalue weighted by molar-refractivity contribution is -0.113. The number of allylic oxidation sites excluding steroid dienone is 2. The van der Waals surface area contributed by atoms with E-state index in [9.17, 15) is 13.2 Å². The van der Waals surface area contributed by atoms with Crippen LogP contribution in [0, 0.1) is 0 Å². The minimum atomic E-state index is -3.41. The Morgan fingerprint density at radius 2 is 1.72 bits per heavy atom. The van der Waals surface area contributed by atoms with E-state index in [4.69, 9.17) is 11.6 Å². The molecule has 2 aromatic carbocycles. The van der Waals surface area contributed by atoms with Crippen LogP contribution in [0.25, 0.3) is 5.57 Å². The standard InChI is InChI=1S/C23H24ClNO3S/c24-19-8-12-21-18(16-19)7-11-22(21)23(26)13-6-17-4-9-20(10-5-17)29(27,28)25-14-2-1-3-15-25/h4-5,8-12,16H,1-3,6-7,13-15H2. The van der Waals surface area contributed by atoms with Crippen LogP contribution in [0.2, 0.25) is 5.02 Å². The lowest BCUT2D eigenvalue weighted by atomic mass is 9.98. The van der Waals surface area contributed by atoms with Crippen LogP contribution in [0.1, 0.15) is 42.4 Å². The average molecular weight is 430 g/mol. The first-order valence-corrected chi connectivity index (χ1v) is 11.9. The monoisotopic (exact) mass is 429 g/mol. The van der Waals surface area contributed by atoms with E-state index in [0.717, 1.165) is 47.9 Å². The number of piperidine rings is 1. The molecule has 0 aromatic heterocycles. The average Bonchev–Trinajstić information content (AvgIpc) is 3.16. The molecule has 1 aliphatic carbocycles. The van der Waals surface area contributed by atoms with Gasteiger partial charge in [0.1, 0.15) is 0 Å². The topological polar surface area (TPSA) is 54.5 Å². The molecule has 0 N–H and O–H groups in total. The van der Waals surface area contributed by atoms with Crippen molar-refractivity contribution in [2.45, 2.75) is 43.4 Å². The predicted octanol–water partition coefficient (Wildman–Crippen LogP) is 4.66. The third-order valence-electron chi connectivity index (χ3n) is 5.70. The molecular formula is C23H24ClNO3S. The molecule has 1 fully saturated rings. The van der Waals surface area contributed by atoms with Crippen molar-refractivity contribution < 1.29 is 13.2 Å². The van der Waals surface area contributed by atoms with Gasteiger partial charge in [0.25, 0.3) is 0 Å². The van der Waals surface area contributed by atoms with Gasteiger partial charge in [-0.3, -0.25) is 4.79 Å². The molecule has 4 rings (SSSR count). The van der Waals surface area contributed by atoms with Crippen molar-refractivity contribution in [1.29, 1.82) is 0 Å². The van der Waals surface area contributed by atoms with E-state index in [0.29, 0.717) is 35.8 Å². The molecule has 0 atom stereocenters. The number of Topliss-reactive ketones (excluding diaryl/α,β-unsaturated/α-hetero) is 1. The zero-order chi connectivity index (χ0) is 20.4. The van der Waals surface area contributed by atoms with Gasteiger partial charge in [0.2, 0.25) is 10.0 Å². The number of carbonyl (C=O) groups excluding carboxylic acids is 1. The molecule has 0 saturated carbocycles. The fraction of sp³-hybridized carbons (Fsp3) is 0.348. The van der Waals surface area contributed by atoms with Gasteiger partial charge in [-0.05, 0) is 66.6 Å². The second kappa shape index (κ2) is 8.42. The fourth-order valence-corrected chi connectivity index (χ4v) is 5.77. The highest BCUT2D eigenvalue weighted by atomic mass is 35.5. The van der Waals surface area contributed by atoms with Crippen LogP contribution in [0.4, 0.5) is 0 Å². The van der Waals surface area contributed by atoms with Gasteiger partial charge in [0.05, 0.1) is 4.90 Å². The summed E-state index contributed by atoms with van der Waals surface area (Å²) in [4.78, 5) is 13.0. The van der Waals surface area contributed by atoms with Crippen molar-refractivity contribution in [3.8, 4) is 0 Å². The van der Waals surface area contributed by atoms with E-state index in [-0.39, 0.29) is 5.78 Å². The van der Waals surface area contributed by atoms with Gasteiger partial charge in [-0.2, -0.15) is 4.31 Å². The number of ketones is 1. The van der Waals surface area contributed by atoms with E-state index in [1.54, 1.807) is 16.4 Å². The summed E-state index contributed by atoms with van der Waals surface area (Å²) >= 11 is 6.03. The molecule has 2 aromatic rings. The molecule has 0 unspecified atom stereocenters. The number of carbonyl (C=O) groups is 1. The van der Waals surface area contributed by atoms with Crippen LogP contribution < -0.4 is 0 Å². The summed E-state index contributed by atoms with van der Waals surface area (Å²) in [6.07, 6.45) is 6.62. The number of sulfonamides is 1. The summed E-state index contributed by atoms with van der Waals surface area (Å²) in [6.45, 7) is 1.20. The fourth-order valence-electron chi connectivity index (χ4n) is 4.05. The smallest absolute Gasteiger partial charge is 0.243 e. The van der Waals surface area contributed by atoms with Crippen molar-refractivity contribution in [2.75, 3.05) is 13.1 Å². The Balaban J connectivity index is 1.39. The number of benzene rings is 2. The Morgan fingerprint density at radius 1 is 1.00 bits per heavy atom. The van der Waals surface area contributed by atoms with E-state index in [2.05, 4.69) is 0 Å². The quantitative estimate of drug-likeness (QED) is 0.671. The molecule has 2 aliphatic rings. The number of rotatable bonds is 6. The highest BCUT2D eigenvalue weighted by molar-refractivity contribution is 7.89. The van der Waals surface area contributed by atoms with Crippen LogP contribution in [0.3, 0.4) is 0 Å². The van der Waals surface area contributed by atoms with Crippen LogP contribution >= 0.6 is 11.6 Å². The highest BCUT2D eigenvalue weighted by Crippen LogP contribution is 2.31. The minimum absolute atomic E-state index is 0.107. The SMILES string of the molecule is O=C(CCc1ccc(S(=O)(=O)N2CCCCC2)cc1)C1=CCc2cc(Cl)ccc21.